The molecule has 2 saturated heterocycles. The molecular weight excluding hydrogens is 312 g/mol. The number of piperidine rings is 1. The van der Waals surface area contributed by atoms with Crippen molar-refractivity contribution < 1.29 is 13.2 Å². The van der Waals surface area contributed by atoms with Crippen molar-refractivity contribution in [2.75, 3.05) is 33.0 Å². The van der Waals surface area contributed by atoms with Crippen molar-refractivity contribution in [3.63, 3.8) is 0 Å². The third kappa shape index (κ3) is 2.57. The van der Waals surface area contributed by atoms with Gasteiger partial charge in [0.25, 0.3) is 0 Å². The molecule has 0 aliphatic carbocycles. The van der Waals surface area contributed by atoms with E-state index >= 15 is 0 Å². The largest absolute Gasteiger partial charge is 0.497 e. The quantitative estimate of drug-likeness (QED) is 0.824. The fraction of sp³-hybridized carbons (Fsp3) is 0.647. The van der Waals surface area contributed by atoms with Crippen LogP contribution in [-0.2, 0) is 16.4 Å². The predicted octanol–water partition coefficient (Wildman–Crippen LogP) is 1.65. The minimum atomic E-state index is -3.10. The molecule has 3 aliphatic rings. The first-order valence-corrected chi connectivity index (χ1v) is 10.2. The van der Waals surface area contributed by atoms with Crippen LogP contribution < -0.4 is 4.74 Å². The van der Waals surface area contributed by atoms with E-state index < -0.39 is 10.0 Å². The maximum Gasteiger partial charge on any atom is 0.211 e. The van der Waals surface area contributed by atoms with E-state index in [-0.39, 0.29) is 6.04 Å². The molecule has 1 aromatic rings. The van der Waals surface area contributed by atoms with Crippen molar-refractivity contribution in [3.8, 4) is 5.75 Å². The predicted molar refractivity (Wildman–Crippen MR) is 89.1 cm³/mol. The van der Waals surface area contributed by atoms with Crippen molar-refractivity contribution in [2.45, 2.75) is 31.3 Å². The van der Waals surface area contributed by atoms with E-state index in [0.717, 1.165) is 38.1 Å². The van der Waals surface area contributed by atoms with Crippen molar-refractivity contribution in [1.29, 1.82) is 0 Å². The van der Waals surface area contributed by atoms with Crippen LogP contribution in [0.4, 0.5) is 0 Å². The van der Waals surface area contributed by atoms with Gasteiger partial charge >= 0.3 is 0 Å². The van der Waals surface area contributed by atoms with Crippen LogP contribution in [0.25, 0.3) is 0 Å². The molecule has 1 aromatic carbocycles. The molecule has 3 atom stereocenters. The van der Waals surface area contributed by atoms with Gasteiger partial charge in [-0.3, -0.25) is 4.90 Å². The third-order valence-electron chi connectivity index (χ3n) is 5.81. The summed E-state index contributed by atoms with van der Waals surface area (Å²) < 4.78 is 31.2. The van der Waals surface area contributed by atoms with Gasteiger partial charge in [-0.05, 0) is 48.4 Å². The average molecular weight is 336 g/mol. The first-order valence-electron chi connectivity index (χ1n) is 8.35. The average Bonchev–Trinajstić information content (AvgIpc) is 2.95. The fourth-order valence-electron chi connectivity index (χ4n) is 4.71. The summed E-state index contributed by atoms with van der Waals surface area (Å²) in [6.07, 6.45) is 4.31. The minimum Gasteiger partial charge on any atom is -0.497 e. The molecule has 0 saturated carbocycles. The number of rotatable bonds is 2. The first-order chi connectivity index (χ1) is 11.0. The summed E-state index contributed by atoms with van der Waals surface area (Å²) in [5, 5.41) is 0. The van der Waals surface area contributed by atoms with Crippen LogP contribution in [0.2, 0.25) is 0 Å². The van der Waals surface area contributed by atoms with Gasteiger partial charge in [0, 0.05) is 31.7 Å². The number of fused-ring (bicyclic) bond motifs is 4. The molecule has 6 heteroatoms. The van der Waals surface area contributed by atoms with Crippen molar-refractivity contribution >= 4 is 10.0 Å². The molecule has 0 spiro atoms. The molecule has 0 N–H and O–H groups in total. The number of sulfonamides is 1. The van der Waals surface area contributed by atoms with E-state index in [9.17, 15) is 8.42 Å². The molecule has 0 unspecified atom stereocenters. The van der Waals surface area contributed by atoms with E-state index in [1.54, 1.807) is 11.4 Å². The molecule has 0 bridgehead atoms. The van der Waals surface area contributed by atoms with Gasteiger partial charge in [0.2, 0.25) is 10.0 Å². The second-order valence-corrected chi connectivity index (χ2v) is 8.99. The molecule has 5 nitrogen and oxygen atoms in total. The van der Waals surface area contributed by atoms with Gasteiger partial charge in [-0.1, -0.05) is 6.07 Å². The number of ether oxygens (including phenoxy) is 1. The summed E-state index contributed by atoms with van der Waals surface area (Å²) in [5.74, 6) is 1.39. The monoisotopic (exact) mass is 336 g/mol. The third-order valence-corrected chi connectivity index (χ3v) is 7.12. The maximum absolute atomic E-state index is 12.1. The van der Waals surface area contributed by atoms with Crippen LogP contribution in [0.3, 0.4) is 0 Å². The van der Waals surface area contributed by atoms with Gasteiger partial charge in [-0.2, -0.15) is 4.31 Å². The maximum atomic E-state index is 12.1. The Bertz CT molecular complexity index is 719. The standard InChI is InChI=1S/C17H24N2O3S/c1-22-14-3-4-15-12(9-14)5-7-18-11-13-6-8-19(23(2,20)21)16(13)10-17(15)18/h3-4,9,13,16-17H,5-8,10-11H2,1-2H3/t13-,16+,17+/m1/s1. The van der Waals surface area contributed by atoms with Crippen LogP contribution in [0.5, 0.6) is 5.75 Å². The molecule has 3 heterocycles. The lowest BCUT2D eigenvalue weighted by Crippen LogP contribution is -2.50. The summed E-state index contributed by atoms with van der Waals surface area (Å²) in [6.45, 7) is 2.77. The lowest BCUT2D eigenvalue weighted by atomic mass is 9.81. The Morgan fingerprint density at radius 1 is 1.26 bits per heavy atom. The van der Waals surface area contributed by atoms with Gasteiger partial charge in [-0.25, -0.2) is 8.42 Å². The van der Waals surface area contributed by atoms with Crippen LogP contribution in [0, 0.1) is 5.92 Å². The van der Waals surface area contributed by atoms with E-state index in [0.29, 0.717) is 18.5 Å². The lowest BCUT2D eigenvalue weighted by Gasteiger charge is -2.46. The van der Waals surface area contributed by atoms with Gasteiger partial charge in [0.1, 0.15) is 5.75 Å². The van der Waals surface area contributed by atoms with Gasteiger partial charge in [0.15, 0.2) is 0 Å². The van der Waals surface area contributed by atoms with Gasteiger partial charge in [0.05, 0.1) is 13.4 Å². The molecule has 2 fully saturated rings. The summed E-state index contributed by atoms with van der Waals surface area (Å²) in [6, 6.07) is 6.84. The number of hydrogen-bond acceptors (Lipinski definition) is 4. The van der Waals surface area contributed by atoms with Gasteiger partial charge < -0.3 is 4.74 Å². The Kier molecular flexibility index (Phi) is 3.66. The zero-order valence-corrected chi connectivity index (χ0v) is 14.6. The highest BCUT2D eigenvalue weighted by molar-refractivity contribution is 7.88. The van der Waals surface area contributed by atoms with E-state index in [1.807, 2.05) is 6.07 Å². The second kappa shape index (κ2) is 5.46. The zero-order chi connectivity index (χ0) is 16.2. The normalized spacial score (nSPS) is 31.3. The molecule has 3 aliphatic heterocycles. The summed E-state index contributed by atoms with van der Waals surface area (Å²) in [4.78, 5) is 2.56. The van der Waals surface area contributed by atoms with Crippen LogP contribution >= 0.6 is 0 Å². The van der Waals surface area contributed by atoms with Crippen LogP contribution in [0.15, 0.2) is 18.2 Å². The van der Waals surface area contributed by atoms with E-state index in [1.165, 1.54) is 17.4 Å². The Morgan fingerprint density at radius 3 is 2.83 bits per heavy atom. The minimum absolute atomic E-state index is 0.166. The number of hydrogen-bond donors (Lipinski definition) is 0. The molecule has 23 heavy (non-hydrogen) atoms. The van der Waals surface area contributed by atoms with Crippen molar-refractivity contribution in [1.82, 2.24) is 9.21 Å². The Hall–Kier alpha value is -1.11. The van der Waals surface area contributed by atoms with Gasteiger partial charge in [-0.15, -0.1) is 0 Å². The van der Waals surface area contributed by atoms with Crippen LogP contribution in [-0.4, -0.2) is 56.7 Å². The fourth-order valence-corrected chi connectivity index (χ4v) is 5.90. The summed E-state index contributed by atoms with van der Waals surface area (Å²) in [5.41, 5.74) is 2.71. The highest BCUT2D eigenvalue weighted by atomic mass is 32.2. The Labute approximate surface area is 138 Å². The summed E-state index contributed by atoms with van der Waals surface area (Å²) >= 11 is 0. The zero-order valence-electron chi connectivity index (χ0n) is 13.7. The smallest absolute Gasteiger partial charge is 0.211 e. The second-order valence-electron chi connectivity index (χ2n) is 7.05. The molecule has 0 radical (unpaired) electrons. The SMILES string of the molecule is COc1ccc2c(c1)CCN1C[C@H]3CCN(S(C)(=O)=O)[C@H]3C[C@@H]21. The molecule has 126 valence electrons. The van der Waals surface area contributed by atoms with Crippen molar-refractivity contribution in [3.05, 3.63) is 29.3 Å². The van der Waals surface area contributed by atoms with Crippen LogP contribution in [0.1, 0.15) is 30.0 Å². The topological polar surface area (TPSA) is 49.9 Å². The number of benzene rings is 1. The molecular formula is C17H24N2O3S. The van der Waals surface area contributed by atoms with Crippen molar-refractivity contribution in [2.24, 2.45) is 5.92 Å². The molecule has 4 rings (SSSR count). The summed E-state index contributed by atoms with van der Waals surface area (Å²) in [7, 11) is -1.41. The Balaban J connectivity index is 1.65. The number of methoxy groups -OCH3 is 1. The number of nitrogens with zero attached hydrogens (tertiary/aromatic N) is 2. The highest BCUT2D eigenvalue weighted by Gasteiger charge is 2.46. The molecule has 0 amide bonds. The lowest BCUT2D eigenvalue weighted by molar-refractivity contribution is 0.0738. The molecule has 0 aromatic heterocycles. The first kappa shape index (κ1) is 15.4. The van der Waals surface area contributed by atoms with E-state index in [4.69, 9.17) is 4.74 Å². The highest BCUT2D eigenvalue weighted by Crippen LogP contribution is 2.44. The Morgan fingerprint density at radius 2 is 2.09 bits per heavy atom. The van der Waals surface area contributed by atoms with E-state index in [2.05, 4.69) is 17.0 Å².